The van der Waals surface area contributed by atoms with Crippen molar-refractivity contribution in [2.45, 2.75) is 11.8 Å². The van der Waals surface area contributed by atoms with Crippen molar-refractivity contribution in [3.63, 3.8) is 0 Å². The van der Waals surface area contributed by atoms with Crippen LogP contribution in [0.15, 0.2) is 70.0 Å². The summed E-state index contributed by atoms with van der Waals surface area (Å²) in [5.74, 6) is 0. The molecular weight excluding hydrogens is 514 g/mol. The summed E-state index contributed by atoms with van der Waals surface area (Å²) in [5.41, 5.74) is 0.784. The predicted octanol–water partition coefficient (Wildman–Crippen LogP) is 5.32. The van der Waals surface area contributed by atoms with Gasteiger partial charge >= 0.3 is 0 Å². The number of benzene rings is 3. The van der Waals surface area contributed by atoms with E-state index in [1.54, 1.807) is 42.5 Å². The van der Waals surface area contributed by atoms with Crippen molar-refractivity contribution in [1.82, 2.24) is 0 Å². The lowest BCUT2D eigenvalue weighted by Crippen LogP contribution is -2.29. The molecule has 0 radical (unpaired) electrons. The molecular formula is C22H16BrN3O6S. The van der Waals surface area contributed by atoms with E-state index in [4.69, 9.17) is 0 Å². The number of nitro groups is 2. The summed E-state index contributed by atoms with van der Waals surface area (Å²) in [7, 11) is -4.15. The quantitative estimate of drug-likeness (QED) is 0.325. The Morgan fingerprint density at radius 3 is 2.18 bits per heavy atom. The van der Waals surface area contributed by atoms with E-state index < -0.39 is 31.2 Å². The van der Waals surface area contributed by atoms with Crippen LogP contribution < -0.4 is 4.31 Å². The van der Waals surface area contributed by atoms with Crippen LogP contribution in [0.4, 0.5) is 17.1 Å². The van der Waals surface area contributed by atoms with Crippen LogP contribution in [-0.4, -0.2) is 24.8 Å². The van der Waals surface area contributed by atoms with E-state index in [0.29, 0.717) is 11.1 Å². The molecule has 3 aromatic carbocycles. The van der Waals surface area contributed by atoms with Crippen molar-refractivity contribution >= 4 is 54.7 Å². The molecule has 0 aromatic heterocycles. The van der Waals surface area contributed by atoms with Crippen LogP contribution in [0, 0.1) is 27.2 Å². The monoisotopic (exact) mass is 529 g/mol. The molecule has 9 nitrogen and oxygen atoms in total. The molecule has 0 fully saturated rings. The number of fused-ring (bicyclic) bond motifs is 1. The average molecular weight is 530 g/mol. The zero-order chi connectivity index (χ0) is 23.9. The van der Waals surface area contributed by atoms with Gasteiger partial charge in [0.25, 0.3) is 21.4 Å². The summed E-state index contributed by atoms with van der Waals surface area (Å²) in [5, 5.41) is 23.3. The molecule has 4 rings (SSSR count). The lowest BCUT2D eigenvalue weighted by Gasteiger charge is -2.19. The number of nitrogens with zero attached hydrogens (tertiary/aromatic N) is 3. The maximum Gasteiger partial charge on any atom is 0.285 e. The number of sulfonamides is 1. The fraction of sp³-hybridized carbons (Fsp3) is 0.0909. The first-order valence-corrected chi connectivity index (χ1v) is 11.8. The first-order chi connectivity index (χ1) is 15.6. The Hall–Kier alpha value is -3.57. The zero-order valence-corrected chi connectivity index (χ0v) is 19.5. The molecule has 0 atom stereocenters. The summed E-state index contributed by atoms with van der Waals surface area (Å²) in [4.78, 5) is 21.7. The van der Waals surface area contributed by atoms with Gasteiger partial charge in [-0.3, -0.25) is 24.5 Å². The van der Waals surface area contributed by atoms with E-state index in [1.165, 1.54) is 12.1 Å². The van der Waals surface area contributed by atoms with Gasteiger partial charge in [0.15, 0.2) is 0 Å². The van der Waals surface area contributed by atoms with Gasteiger partial charge in [0.1, 0.15) is 0 Å². The van der Waals surface area contributed by atoms with E-state index in [-0.39, 0.29) is 22.7 Å². The van der Waals surface area contributed by atoms with Gasteiger partial charge in [0.05, 0.1) is 38.6 Å². The van der Waals surface area contributed by atoms with Crippen LogP contribution in [-0.2, 0) is 10.0 Å². The number of hydrogen-bond donors (Lipinski definition) is 0. The Morgan fingerprint density at radius 1 is 0.970 bits per heavy atom. The fourth-order valence-electron chi connectivity index (χ4n) is 3.62. The van der Waals surface area contributed by atoms with Crippen molar-refractivity contribution in [1.29, 1.82) is 0 Å². The number of halogens is 1. The van der Waals surface area contributed by atoms with E-state index in [0.717, 1.165) is 26.5 Å². The average Bonchev–Trinajstić information content (AvgIpc) is 3.14. The largest absolute Gasteiger partial charge is 0.285 e. The Balaban J connectivity index is 1.97. The molecule has 0 saturated carbocycles. The highest BCUT2D eigenvalue weighted by Crippen LogP contribution is 2.47. The summed E-state index contributed by atoms with van der Waals surface area (Å²) in [6.07, 6.45) is 1.65. The lowest BCUT2D eigenvalue weighted by atomic mass is 10.0. The molecule has 33 heavy (non-hydrogen) atoms. The highest BCUT2D eigenvalue weighted by Gasteiger charge is 2.40. The predicted molar refractivity (Wildman–Crippen MR) is 127 cm³/mol. The second kappa shape index (κ2) is 8.41. The molecule has 0 bridgehead atoms. The van der Waals surface area contributed by atoms with Gasteiger partial charge in [-0.2, -0.15) is 0 Å². The van der Waals surface area contributed by atoms with Crippen molar-refractivity contribution in [3.05, 3.63) is 102 Å². The normalized spacial score (nSPS) is 14.4. The van der Waals surface area contributed by atoms with Gasteiger partial charge in [-0.05, 0) is 48.4 Å². The molecule has 1 heterocycles. The second-order valence-electron chi connectivity index (χ2n) is 7.42. The fourth-order valence-corrected chi connectivity index (χ4v) is 5.33. The third kappa shape index (κ3) is 4.24. The number of nitro benzene ring substituents is 2. The van der Waals surface area contributed by atoms with Crippen LogP contribution in [0.2, 0.25) is 0 Å². The summed E-state index contributed by atoms with van der Waals surface area (Å²) < 4.78 is 28.8. The zero-order valence-electron chi connectivity index (χ0n) is 17.1. The molecule has 0 unspecified atom stereocenters. The third-order valence-corrected chi connectivity index (χ3v) is 7.52. The Kier molecular flexibility index (Phi) is 5.76. The van der Waals surface area contributed by atoms with Gasteiger partial charge in [-0.25, -0.2) is 8.42 Å². The molecule has 168 valence electrons. The summed E-state index contributed by atoms with van der Waals surface area (Å²) >= 11 is 3.34. The highest BCUT2D eigenvalue weighted by molar-refractivity contribution is 9.10. The van der Waals surface area contributed by atoms with E-state index >= 15 is 0 Å². The molecule has 3 aromatic rings. The van der Waals surface area contributed by atoms with Crippen molar-refractivity contribution in [3.8, 4) is 0 Å². The molecule has 0 saturated heterocycles. The smallest absolute Gasteiger partial charge is 0.261 e. The highest BCUT2D eigenvalue weighted by atomic mass is 79.9. The molecule has 1 aliphatic rings. The van der Waals surface area contributed by atoms with Crippen LogP contribution in [0.25, 0.3) is 11.6 Å². The Labute approximate surface area is 197 Å². The number of non-ortho nitro benzene ring substituents is 1. The minimum absolute atomic E-state index is 0.0156. The lowest BCUT2D eigenvalue weighted by molar-refractivity contribution is -0.394. The first kappa shape index (κ1) is 22.6. The Bertz CT molecular complexity index is 1420. The van der Waals surface area contributed by atoms with Crippen molar-refractivity contribution in [2.24, 2.45) is 0 Å². The van der Waals surface area contributed by atoms with Gasteiger partial charge in [-0.1, -0.05) is 45.8 Å². The summed E-state index contributed by atoms with van der Waals surface area (Å²) in [6.45, 7) is 1.61. The number of anilines is 1. The first-order valence-electron chi connectivity index (χ1n) is 9.60. The van der Waals surface area contributed by atoms with Crippen LogP contribution >= 0.6 is 15.9 Å². The maximum absolute atomic E-state index is 13.5. The molecule has 0 N–H and O–H groups in total. The van der Waals surface area contributed by atoms with Gasteiger partial charge in [0.2, 0.25) is 0 Å². The molecule has 0 aliphatic carbocycles. The van der Waals surface area contributed by atoms with Gasteiger partial charge in [-0.15, -0.1) is 0 Å². The minimum Gasteiger partial charge on any atom is -0.261 e. The van der Waals surface area contributed by atoms with Crippen molar-refractivity contribution in [2.75, 3.05) is 10.8 Å². The number of hydrogen-bond acceptors (Lipinski definition) is 6. The van der Waals surface area contributed by atoms with Crippen molar-refractivity contribution < 1.29 is 18.3 Å². The molecule has 1 aliphatic heterocycles. The van der Waals surface area contributed by atoms with Gasteiger partial charge < -0.3 is 0 Å². The van der Waals surface area contributed by atoms with E-state index in [2.05, 4.69) is 15.9 Å². The summed E-state index contributed by atoms with van der Waals surface area (Å²) in [6, 6.07) is 15.2. The second-order valence-corrected chi connectivity index (χ2v) is 10.2. The topological polar surface area (TPSA) is 124 Å². The Morgan fingerprint density at radius 2 is 1.61 bits per heavy atom. The van der Waals surface area contributed by atoms with Crippen LogP contribution in [0.1, 0.15) is 16.7 Å². The molecule has 11 heteroatoms. The van der Waals surface area contributed by atoms with E-state index in [9.17, 15) is 28.6 Å². The third-order valence-electron chi connectivity index (χ3n) is 5.21. The SMILES string of the molecule is Cc1ccc(S(=O)(=O)N2C/C(=C\c3ccc(Br)cc3)c3c2cc([N+](=O)[O-])cc3[N+](=O)[O-])cc1. The van der Waals surface area contributed by atoms with Gasteiger partial charge in [0, 0.05) is 10.5 Å². The number of aryl methyl sites for hydroxylation is 1. The maximum atomic E-state index is 13.5. The van der Waals surface area contributed by atoms with Crippen LogP contribution in [0.5, 0.6) is 0 Å². The van der Waals surface area contributed by atoms with E-state index in [1.807, 2.05) is 6.92 Å². The minimum atomic E-state index is -4.15. The molecule has 0 spiro atoms. The molecule has 0 amide bonds. The van der Waals surface area contributed by atoms with Crippen LogP contribution in [0.3, 0.4) is 0 Å². The number of rotatable bonds is 5. The standard InChI is InChI=1S/C22H16BrN3O6S/c1-14-2-8-19(9-3-14)33(31,32)24-13-16(10-15-4-6-17(23)7-5-15)22-20(24)11-18(25(27)28)12-21(22)26(29)30/h2-12H,13H2,1H3/b16-10+.